The van der Waals surface area contributed by atoms with E-state index in [0.29, 0.717) is 6.42 Å². The van der Waals surface area contributed by atoms with Crippen molar-refractivity contribution in [3.63, 3.8) is 0 Å². The summed E-state index contributed by atoms with van der Waals surface area (Å²) in [4.78, 5) is 16.9. The lowest BCUT2D eigenvalue weighted by Crippen LogP contribution is -2.14. The van der Waals surface area contributed by atoms with Crippen LogP contribution in [0.5, 0.6) is 0 Å². The monoisotopic (exact) mass is 350 g/mol. The SMILES string of the molecule is CCc1ccc(NC(=O)Cc2nc(-c3cc(C)ccc3C)cs2)cc1. The molecule has 0 radical (unpaired) electrons. The maximum absolute atomic E-state index is 12.3. The molecule has 1 aromatic heterocycles. The standard InChI is InChI=1S/C21H22N2OS/c1-4-16-7-9-17(10-8-16)22-20(24)12-21-23-19(13-25-21)18-11-14(2)5-6-15(18)3/h5-11,13H,4,12H2,1-3H3,(H,22,24). The molecule has 0 aliphatic heterocycles. The van der Waals surface area contributed by atoms with Crippen molar-refractivity contribution in [2.24, 2.45) is 0 Å². The Kier molecular flexibility index (Phi) is 5.29. The van der Waals surface area contributed by atoms with E-state index in [2.05, 4.69) is 49.3 Å². The summed E-state index contributed by atoms with van der Waals surface area (Å²) in [6.07, 6.45) is 1.29. The van der Waals surface area contributed by atoms with E-state index in [1.165, 1.54) is 28.0 Å². The van der Waals surface area contributed by atoms with Gasteiger partial charge in [-0.25, -0.2) is 4.98 Å². The number of aromatic nitrogens is 1. The molecular formula is C21H22N2OS. The van der Waals surface area contributed by atoms with Gasteiger partial charge in [0, 0.05) is 16.6 Å². The van der Waals surface area contributed by atoms with Crippen LogP contribution in [0.25, 0.3) is 11.3 Å². The van der Waals surface area contributed by atoms with Crippen molar-refractivity contribution < 1.29 is 4.79 Å². The third-order valence-electron chi connectivity index (χ3n) is 4.18. The second-order valence-corrected chi connectivity index (χ2v) is 7.16. The van der Waals surface area contributed by atoms with Crippen LogP contribution in [-0.4, -0.2) is 10.9 Å². The van der Waals surface area contributed by atoms with Gasteiger partial charge in [0.15, 0.2) is 0 Å². The van der Waals surface area contributed by atoms with Gasteiger partial charge in [-0.3, -0.25) is 4.79 Å². The summed E-state index contributed by atoms with van der Waals surface area (Å²) in [5.74, 6) is -0.0360. The lowest BCUT2D eigenvalue weighted by Gasteiger charge is -2.05. The fourth-order valence-corrected chi connectivity index (χ4v) is 3.49. The number of anilines is 1. The number of aryl methyl sites for hydroxylation is 3. The van der Waals surface area contributed by atoms with E-state index in [4.69, 9.17) is 0 Å². The van der Waals surface area contributed by atoms with E-state index in [0.717, 1.165) is 28.4 Å². The molecule has 0 atom stereocenters. The first-order valence-electron chi connectivity index (χ1n) is 8.46. The highest BCUT2D eigenvalue weighted by Crippen LogP contribution is 2.26. The summed E-state index contributed by atoms with van der Waals surface area (Å²) in [5.41, 5.74) is 6.58. The Labute approximate surface area is 152 Å². The molecular weight excluding hydrogens is 328 g/mol. The van der Waals surface area contributed by atoms with Gasteiger partial charge in [-0.1, -0.05) is 36.8 Å². The number of carbonyl (C=O) groups is 1. The highest BCUT2D eigenvalue weighted by atomic mass is 32.1. The highest BCUT2D eigenvalue weighted by molar-refractivity contribution is 7.10. The summed E-state index contributed by atoms with van der Waals surface area (Å²) in [6.45, 7) is 6.28. The number of amides is 1. The van der Waals surface area contributed by atoms with Gasteiger partial charge in [0.2, 0.25) is 5.91 Å². The van der Waals surface area contributed by atoms with E-state index in [-0.39, 0.29) is 5.91 Å². The molecule has 0 bridgehead atoms. The fourth-order valence-electron chi connectivity index (χ4n) is 2.69. The average molecular weight is 350 g/mol. The van der Waals surface area contributed by atoms with Gasteiger partial charge in [0.1, 0.15) is 5.01 Å². The Morgan fingerprint density at radius 1 is 1.12 bits per heavy atom. The van der Waals surface area contributed by atoms with Gasteiger partial charge in [-0.2, -0.15) is 0 Å². The number of hydrogen-bond acceptors (Lipinski definition) is 3. The zero-order valence-electron chi connectivity index (χ0n) is 14.8. The quantitative estimate of drug-likeness (QED) is 0.690. The molecule has 1 amide bonds. The van der Waals surface area contributed by atoms with E-state index in [1.54, 1.807) is 0 Å². The van der Waals surface area contributed by atoms with Crippen LogP contribution in [0.2, 0.25) is 0 Å². The Morgan fingerprint density at radius 3 is 2.60 bits per heavy atom. The van der Waals surface area contributed by atoms with Crippen LogP contribution in [0.15, 0.2) is 47.8 Å². The first kappa shape index (κ1) is 17.4. The van der Waals surface area contributed by atoms with Crippen LogP contribution in [-0.2, 0) is 17.6 Å². The van der Waals surface area contributed by atoms with E-state index < -0.39 is 0 Å². The normalized spacial score (nSPS) is 10.7. The van der Waals surface area contributed by atoms with Crippen molar-refractivity contribution in [3.8, 4) is 11.3 Å². The number of benzene rings is 2. The lowest BCUT2D eigenvalue weighted by atomic mass is 10.0. The molecule has 128 valence electrons. The van der Waals surface area contributed by atoms with Gasteiger partial charge < -0.3 is 5.32 Å². The molecule has 0 aliphatic rings. The fraction of sp³-hybridized carbons (Fsp3) is 0.238. The number of nitrogens with zero attached hydrogens (tertiary/aromatic N) is 1. The van der Waals surface area contributed by atoms with Crippen LogP contribution < -0.4 is 5.32 Å². The van der Waals surface area contributed by atoms with E-state index >= 15 is 0 Å². The van der Waals surface area contributed by atoms with Crippen LogP contribution in [0, 0.1) is 13.8 Å². The predicted octanol–water partition coefficient (Wildman–Crippen LogP) is 5.17. The van der Waals surface area contributed by atoms with Crippen LogP contribution in [0.1, 0.15) is 28.6 Å². The Bertz CT molecular complexity index is 881. The number of thiazole rings is 1. The summed E-state index contributed by atoms with van der Waals surface area (Å²) in [7, 11) is 0. The van der Waals surface area contributed by atoms with Gasteiger partial charge in [0.25, 0.3) is 0 Å². The van der Waals surface area contributed by atoms with Gasteiger partial charge in [0.05, 0.1) is 12.1 Å². The maximum atomic E-state index is 12.3. The molecule has 4 heteroatoms. The molecule has 3 nitrogen and oxygen atoms in total. The molecule has 0 spiro atoms. The van der Waals surface area contributed by atoms with Crippen molar-refractivity contribution >= 4 is 22.9 Å². The average Bonchev–Trinajstić information content (AvgIpc) is 3.05. The number of hydrogen-bond donors (Lipinski definition) is 1. The molecule has 0 fully saturated rings. The molecule has 0 saturated heterocycles. The molecule has 0 unspecified atom stereocenters. The summed E-state index contributed by atoms with van der Waals surface area (Å²) in [5, 5.41) is 5.80. The Morgan fingerprint density at radius 2 is 1.88 bits per heavy atom. The largest absolute Gasteiger partial charge is 0.326 e. The smallest absolute Gasteiger partial charge is 0.231 e. The van der Waals surface area contributed by atoms with Crippen LogP contribution in [0.4, 0.5) is 5.69 Å². The van der Waals surface area contributed by atoms with E-state index in [9.17, 15) is 4.79 Å². The highest BCUT2D eigenvalue weighted by Gasteiger charge is 2.11. The molecule has 3 rings (SSSR count). The van der Waals surface area contributed by atoms with Crippen LogP contribution in [0.3, 0.4) is 0 Å². The van der Waals surface area contributed by atoms with Gasteiger partial charge in [-0.05, 0) is 49.6 Å². The first-order valence-corrected chi connectivity index (χ1v) is 9.34. The third-order valence-corrected chi connectivity index (χ3v) is 5.03. The van der Waals surface area contributed by atoms with Crippen molar-refractivity contribution in [1.29, 1.82) is 0 Å². The molecule has 1 N–H and O–H groups in total. The molecule has 3 aromatic rings. The molecule has 2 aromatic carbocycles. The lowest BCUT2D eigenvalue weighted by molar-refractivity contribution is -0.115. The zero-order valence-corrected chi connectivity index (χ0v) is 15.6. The molecule has 0 aliphatic carbocycles. The summed E-state index contributed by atoms with van der Waals surface area (Å²) in [6, 6.07) is 14.3. The Balaban J connectivity index is 1.68. The number of carbonyl (C=O) groups excluding carboxylic acids is 1. The first-order chi connectivity index (χ1) is 12.0. The zero-order chi connectivity index (χ0) is 17.8. The van der Waals surface area contributed by atoms with Crippen molar-refractivity contribution in [2.45, 2.75) is 33.6 Å². The van der Waals surface area contributed by atoms with Crippen LogP contribution >= 0.6 is 11.3 Å². The summed E-state index contributed by atoms with van der Waals surface area (Å²) >= 11 is 1.53. The summed E-state index contributed by atoms with van der Waals surface area (Å²) < 4.78 is 0. The molecule has 0 saturated carbocycles. The third kappa shape index (κ3) is 4.34. The molecule has 1 heterocycles. The minimum atomic E-state index is -0.0360. The minimum absolute atomic E-state index is 0.0360. The van der Waals surface area contributed by atoms with Crippen molar-refractivity contribution in [2.75, 3.05) is 5.32 Å². The van der Waals surface area contributed by atoms with Crippen molar-refractivity contribution in [1.82, 2.24) is 4.98 Å². The number of nitrogens with one attached hydrogen (secondary N) is 1. The van der Waals surface area contributed by atoms with E-state index in [1.807, 2.05) is 29.6 Å². The second kappa shape index (κ2) is 7.62. The second-order valence-electron chi connectivity index (χ2n) is 6.22. The van der Waals surface area contributed by atoms with Gasteiger partial charge in [-0.15, -0.1) is 11.3 Å². The predicted molar refractivity (Wildman–Crippen MR) is 105 cm³/mol. The topological polar surface area (TPSA) is 42.0 Å². The number of rotatable bonds is 5. The van der Waals surface area contributed by atoms with Crippen molar-refractivity contribution in [3.05, 3.63) is 69.5 Å². The maximum Gasteiger partial charge on any atom is 0.231 e. The minimum Gasteiger partial charge on any atom is -0.326 e. The Hall–Kier alpha value is -2.46. The molecule has 25 heavy (non-hydrogen) atoms. The van der Waals surface area contributed by atoms with Gasteiger partial charge >= 0.3 is 0 Å².